The molecule has 0 spiro atoms. The molecular formula is C17H17ClF6N2O2. The first-order chi connectivity index (χ1) is 12.7. The van der Waals surface area contributed by atoms with Crippen molar-refractivity contribution in [3.63, 3.8) is 0 Å². The number of hydrogen-bond acceptors (Lipinski definition) is 4. The monoisotopic (exact) mass is 430 g/mol. The lowest BCUT2D eigenvalue weighted by Crippen LogP contribution is -2.18. The van der Waals surface area contributed by atoms with Crippen LogP contribution >= 0.6 is 11.6 Å². The quantitative estimate of drug-likeness (QED) is 0.390. The SMILES string of the molecule is CN(C)c1nc(F)c(F)c(COC(=O)C2C(/C=C(/Cl)C(F)(F)F)C2(C)C)c1F. The van der Waals surface area contributed by atoms with E-state index in [-0.39, 0.29) is 0 Å². The third kappa shape index (κ3) is 4.21. The van der Waals surface area contributed by atoms with Gasteiger partial charge in [0.2, 0.25) is 0 Å². The second-order valence-corrected chi connectivity index (χ2v) is 7.58. The number of carbonyl (C=O) groups is 1. The molecule has 4 nitrogen and oxygen atoms in total. The number of rotatable bonds is 5. The number of allylic oxidation sites excluding steroid dienone is 2. The molecule has 1 aromatic heterocycles. The van der Waals surface area contributed by atoms with Crippen LogP contribution in [0.3, 0.4) is 0 Å². The van der Waals surface area contributed by atoms with Crippen LogP contribution in [0.5, 0.6) is 0 Å². The average molecular weight is 431 g/mol. The van der Waals surface area contributed by atoms with Crippen molar-refractivity contribution in [1.82, 2.24) is 4.98 Å². The molecule has 1 heterocycles. The number of halogens is 7. The van der Waals surface area contributed by atoms with Crippen LogP contribution < -0.4 is 4.90 Å². The Hall–Kier alpha value is -1.97. The van der Waals surface area contributed by atoms with Gasteiger partial charge in [-0.3, -0.25) is 4.79 Å². The van der Waals surface area contributed by atoms with Crippen molar-refractivity contribution in [3.8, 4) is 0 Å². The predicted molar refractivity (Wildman–Crippen MR) is 89.0 cm³/mol. The molecule has 2 atom stereocenters. The van der Waals surface area contributed by atoms with E-state index in [2.05, 4.69) is 4.98 Å². The van der Waals surface area contributed by atoms with E-state index in [1.807, 2.05) is 0 Å². The molecule has 1 aliphatic carbocycles. The zero-order valence-corrected chi connectivity index (χ0v) is 16.1. The van der Waals surface area contributed by atoms with E-state index in [9.17, 15) is 31.1 Å². The number of hydrogen-bond donors (Lipinski definition) is 0. The second-order valence-electron chi connectivity index (χ2n) is 7.17. The fourth-order valence-electron chi connectivity index (χ4n) is 2.89. The van der Waals surface area contributed by atoms with Crippen molar-refractivity contribution >= 4 is 23.4 Å². The highest BCUT2D eigenvalue weighted by Gasteiger charge is 2.62. The Kier molecular flexibility index (Phi) is 5.94. The van der Waals surface area contributed by atoms with Crippen LogP contribution in [0.1, 0.15) is 19.4 Å². The minimum absolute atomic E-state index is 0.491. The number of aromatic nitrogens is 1. The van der Waals surface area contributed by atoms with Crippen molar-refractivity contribution in [2.24, 2.45) is 17.3 Å². The molecule has 156 valence electrons. The summed E-state index contributed by atoms with van der Waals surface area (Å²) in [5, 5.41) is -1.37. The van der Waals surface area contributed by atoms with Crippen LogP contribution in [0.25, 0.3) is 0 Å². The number of anilines is 1. The summed E-state index contributed by atoms with van der Waals surface area (Å²) in [7, 11) is 2.71. The van der Waals surface area contributed by atoms with Gasteiger partial charge < -0.3 is 9.64 Å². The van der Waals surface area contributed by atoms with Gasteiger partial charge in [-0.25, -0.2) is 8.78 Å². The lowest BCUT2D eigenvalue weighted by Gasteiger charge is -2.15. The Morgan fingerprint density at radius 3 is 2.32 bits per heavy atom. The number of pyridine rings is 1. The molecule has 1 aromatic rings. The summed E-state index contributed by atoms with van der Waals surface area (Å²) in [5.74, 6) is -7.70. The Bertz CT molecular complexity index is 823. The first-order valence-electron chi connectivity index (χ1n) is 8.01. The molecule has 2 unspecified atom stereocenters. The highest BCUT2D eigenvalue weighted by atomic mass is 35.5. The molecule has 11 heteroatoms. The van der Waals surface area contributed by atoms with Gasteiger partial charge in [-0.1, -0.05) is 31.5 Å². The Balaban J connectivity index is 2.18. The summed E-state index contributed by atoms with van der Waals surface area (Å²) in [5.41, 5.74) is -1.74. The van der Waals surface area contributed by atoms with Crippen molar-refractivity contribution in [2.45, 2.75) is 26.6 Å². The molecule has 28 heavy (non-hydrogen) atoms. The van der Waals surface area contributed by atoms with Gasteiger partial charge in [0.05, 0.1) is 11.5 Å². The fourth-order valence-corrected chi connectivity index (χ4v) is 3.03. The Morgan fingerprint density at radius 2 is 1.82 bits per heavy atom. The Labute approximate surface area is 162 Å². The normalized spacial score (nSPS) is 21.5. The number of alkyl halides is 3. The smallest absolute Gasteiger partial charge is 0.426 e. The van der Waals surface area contributed by atoms with E-state index in [1.54, 1.807) is 0 Å². The molecule has 0 aliphatic heterocycles. The molecule has 0 bridgehead atoms. The minimum atomic E-state index is -4.75. The van der Waals surface area contributed by atoms with Crippen molar-refractivity contribution in [1.29, 1.82) is 0 Å². The molecule has 1 aliphatic rings. The summed E-state index contributed by atoms with van der Waals surface area (Å²) in [6, 6.07) is 0. The zero-order valence-electron chi connectivity index (χ0n) is 15.3. The maximum Gasteiger partial charge on any atom is 0.426 e. The molecule has 1 saturated carbocycles. The van der Waals surface area contributed by atoms with Crippen LogP contribution in [-0.2, 0) is 16.1 Å². The maximum atomic E-state index is 14.3. The standard InChI is InChI=1S/C17H17ClF6N2O2/c1-16(2)8(5-9(18)17(22,23)24)10(16)15(27)28-6-7-11(19)13(21)25-14(12(7)20)26(3)4/h5,8,10H,6H2,1-4H3/b9-5+. The van der Waals surface area contributed by atoms with Crippen LogP contribution in [0.4, 0.5) is 32.2 Å². The highest BCUT2D eigenvalue weighted by molar-refractivity contribution is 6.30. The molecule has 0 aromatic carbocycles. The molecule has 0 radical (unpaired) electrons. The number of carbonyl (C=O) groups excluding carboxylic acids is 1. The lowest BCUT2D eigenvalue weighted by molar-refractivity contribution is -0.147. The molecule has 2 rings (SSSR count). The van der Waals surface area contributed by atoms with E-state index in [4.69, 9.17) is 16.3 Å². The molecular weight excluding hydrogens is 414 g/mol. The summed E-state index contributed by atoms with van der Waals surface area (Å²) in [6.45, 7) is 2.11. The highest BCUT2D eigenvalue weighted by Crippen LogP contribution is 2.60. The molecule has 0 N–H and O–H groups in total. The topological polar surface area (TPSA) is 42.4 Å². The first kappa shape index (κ1) is 22.3. The zero-order chi connectivity index (χ0) is 21.6. The van der Waals surface area contributed by atoms with Gasteiger partial charge in [-0.05, 0) is 11.3 Å². The van der Waals surface area contributed by atoms with Crippen LogP contribution in [0, 0.1) is 34.8 Å². The number of nitrogens with zero attached hydrogens (tertiary/aromatic N) is 2. The molecule has 0 saturated heterocycles. The van der Waals surface area contributed by atoms with E-state index in [0.29, 0.717) is 6.08 Å². The largest absolute Gasteiger partial charge is 0.460 e. The fraction of sp³-hybridized carbons (Fsp3) is 0.529. The van der Waals surface area contributed by atoms with Gasteiger partial charge in [0.15, 0.2) is 17.5 Å². The average Bonchev–Trinajstić information content (AvgIpc) is 3.09. The van der Waals surface area contributed by atoms with E-state index in [1.165, 1.54) is 27.9 Å². The molecule has 0 amide bonds. The van der Waals surface area contributed by atoms with Crippen molar-refractivity contribution in [3.05, 3.63) is 34.3 Å². The Morgan fingerprint density at radius 1 is 1.25 bits per heavy atom. The third-order valence-corrected chi connectivity index (χ3v) is 5.00. The van der Waals surface area contributed by atoms with E-state index in [0.717, 1.165) is 4.90 Å². The summed E-state index contributed by atoms with van der Waals surface area (Å²) >= 11 is 5.20. The van der Waals surface area contributed by atoms with Crippen LogP contribution in [0.2, 0.25) is 0 Å². The first-order valence-corrected chi connectivity index (χ1v) is 8.39. The van der Waals surface area contributed by atoms with Crippen LogP contribution in [0.15, 0.2) is 11.1 Å². The summed E-state index contributed by atoms with van der Waals surface area (Å²) in [4.78, 5) is 16.5. The van der Waals surface area contributed by atoms with Gasteiger partial charge >= 0.3 is 12.1 Å². The van der Waals surface area contributed by atoms with Gasteiger partial charge in [0.25, 0.3) is 5.95 Å². The van der Waals surface area contributed by atoms with Gasteiger partial charge in [0.1, 0.15) is 11.6 Å². The summed E-state index contributed by atoms with van der Waals surface area (Å²) in [6.07, 6.45) is -4.04. The van der Waals surface area contributed by atoms with Crippen molar-refractivity contribution in [2.75, 3.05) is 19.0 Å². The van der Waals surface area contributed by atoms with Crippen molar-refractivity contribution < 1.29 is 35.9 Å². The number of ether oxygens (including phenoxy) is 1. The number of esters is 1. The van der Waals surface area contributed by atoms with Gasteiger partial charge in [0, 0.05) is 14.1 Å². The van der Waals surface area contributed by atoms with E-state index < -0.39 is 70.0 Å². The minimum Gasteiger partial charge on any atom is -0.460 e. The third-order valence-electron chi connectivity index (χ3n) is 4.66. The molecule has 1 fully saturated rings. The second kappa shape index (κ2) is 7.46. The van der Waals surface area contributed by atoms with Crippen LogP contribution in [-0.4, -0.2) is 31.2 Å². The maximum absolute atomic E-state index is 14.3. The summed E-state index contributed by atoms with van der Waals surface area (Å²) < 4.78 is 84.3. The van der Waals surface area contributed by atoms with E-state index >= 15 is 0 Å². The van der Waals surface area contributed by atoms with Gasteiger partial charge in [-0.15, -0.1) is 0 Å². The van der Waals surface area contributed by atoms with Gasteiger partial charge in [-0.2, -0.15) is 22.5 Å². The predicted octanol–water partition coefficient (Wildman–Crippen LogP) is 4.57. The lowest BCUT2D eigenvalue weighted by atomic mass is 10.1.